The summed E-state index contributed by atoms with van der Waals surface area (Å²) in [7, 11) is 0. The van der Waals surface area contributed by atoms with E-state index in [-0.39, 0.29) is 17.7 Å². The van der Waals surface area contributed by atoms with Crippen molar-refractivity contribution in [3.8, 4) is 5.75 Å². The van der Waals surface area contributed by atoms with Gasteiger partial charge in [-0.1, -0.05) is 18.2 Å². The minimum atomic E-state index is -0.392. The average Bonchev–Trinajstić information content (AvgIpc) is 2.57. The molecular weight excluding hydrogens is 299 g/mol. The Kier molecular flexibility index (Phi) is 4.23. The topological polar surface area (TPSA) is 67.4 Å². The van der Waals surface area contributed by atoms with Gasteiger partial charge in [0, 0.05) is 17.7 Å². The van der Waals surface area contributed by atoms with Gasteiger partial charge in [-0.2, -0.15) is 5.48 Å². The molecule has 23 heavy (non-hydrogen) atoms. The fourth-order valence-corrected chi connectivity index (χ4v) is 2.50. The quantitative estimate of drug-likeness (QED) is 0.909. The fourth-order valence-electron chi connectivity index (χ4n) is 2.50. The highest BCUT2D eigenvalue weighted by molar-refractivity contribution is 5.94. The van der Waals surface area contributed by atoms with Crippen LogP contribution in [0.15, 0.2) is 48.5 Å². The molecular formula is C17H15FN2O3. The first-order valence-corrected chi connectivity index (χ1v) is 7.24. The second kappa shape index (κ2) is 6.48. The van der Waals surface area contributed by atoms with Crippen LogP contribution in [0, 0.1) is 5.82 Å². The summed E-state index contributed by atoms with van der Waals surface area (Å²) in [6.45, 7) is 0.322. The lowest BCUT2D eigenvalue weighted by molar-refractivity contribution is -0.131. The van der Waals surface area contributed by atoms with Gasteiger partial charge in [0.25, 0.3) is 11.8 Å². The summed E-state index contributed by atoms with van der Waals surface area (Å²) in [4.78, 5) is 29.1. The standard InChI is InChI=1S/C17H15FN2O3/c18-12-7-5-11(6-8-12)16(21)19-10-9-14-13-3-1-2-4-15(13)23-20-17(14)22/h1-8,14H,9-10H2,(H,19,21)(H,20,22). The molecule has 0 saturated heterocycles. The molecule has 6 heteroatoms. The zero-order valence-corrected chi connectivity index (χ0v) is 12.2. The molecule has 0 spiro atoms. The predicted octanol–water partition coefficient (Wildman–Crippen LogP) is 2.15. The number of halogens is 1. The summed E-state index contributed by atoms with van der Waals surface area (Å²) in [6.07, 6.45) is 0.444. The van der Waals surface area contributed by atoms with Crippen LogP contribution in [0.1, 0.15) is 28.3 Å². The van der Waals surface area contributed by atoms with Gasteiger partial charge < -0.3 is 10.2 Å². The first-order valence-electron chi connectivity index (χ1n) is 7.24. The van der Waals surface area contributed by atoms with E-state index in [9.17, 15) is 14.0 Å². The van der Waals surface area contributed by atoms with Gasteiger partial charge in [-0.15, -0.1) is 0 Å². The monoisotopic (exact) mass is 314 g/mol. The van der Waals surface area contributed by atoms with Gasteiger partial charge in [-0.25, -0.2) is 4.39 Å². The van der Waals surface area contributed by atoms with Crippen molar-refractivity contribution in [2.24, 2.45) is 0 Å². The van der Waals surface area contributed by atoms with Crippen LogP contribution in [0.2, 0.25) is 0 Å². The second-order valence-electron chi connectivity index (χ2n) is 5.21. The molecule has 1 aliphatic rings. The molecule has 118 valence electrons. The van der Waals surface area contributed by atoms with E-state index in [1.807, 2.05) is 18.2 Å². The Balaban J connectivity index is 1.61. The van der Waals surface area contributed by atoms with E-state index in [0.29, 0.717) is 24.3 Å². The van der Waals surface area contributed by atoms with Crippen LogP contribution in [0.4, 0.5) is 4.39 Å². The van der Waals surface area contributed by atoms with Gasteiger partial charge in [0.15, 0.2) is 5.75 Å². The van der Waals surface area contributed by atoms with Crippen LogP contribution in [-0.2, 0) is 4.79 Å². The van der Waals surface area contributed by atoms with Crippen molar-refractivity contribution in [2.75, 3.05) is 6.54 Å². The number of carbonyl (C=O) groups is 2. The molecule has 2 amide bonds. The van der Waals surface area contributed by atoms with Gasteiger partial charge in [-0.05, 0) is 36.8 Å². The van der Waals surface area contributed by atoms with Gasteiger partial charge in [0.1, 0.15) is 5.82 Å². The van der Waals surface area contributed by atoms with E-state index in [1.165, 1.54) is 24.3 Å². The number of hydrogen-bond donors (Lipinski definition) is 2. The van der Waals surface area contributed by atoms with Crippen molar-refractivity contribution in [3.05, 3.63) is 65.5 Å². The maximum Gasteiger partial charge on any atom is 0.260 e. The third-order valence-electron chi connectivity index (χ3n) is 3.70. The lowest BCUT2D eigenvalue weighted by Crippen LogP contribution is -2.38. The molecule has 2 N–H and O–H groups in total. The smallest absolute Gasteiger partial charge is 0.260 e. The number of benzene rings is 2. The molecule has 3 rings (SSSR count). The van der Waals surface area contributed by atoms with Gasteiger partial charge >= 0.3 is 0 Å². The Morgan fingerprint density at radius 2 is 1.91 bits per heavy atom. The average molecular weight is 314 g/mol. The normalized spacial score (nSPS) is 16.0. The van der Waals surface area contributed by atoms with Gasteiger partial charge in [0.2, 0.25) is 0 Å². The largest absolute Gasteiger partial charge is 0.379 e. The van der Waals surface area contributed by atoms with Crippen LogP contribution in [-0.4, -0.2) is 18.4 Å². The summed E-state index contributed by atoms with van der Waals surface area (Å²) < 4.78 is 12.8. The number of nitrogens with one attached hydrogen (secondary N) is 2. The highest BCUT2D eigenvalue weighted by Crippen LogP contribution is 2.31. The number of rotatable bonds is 4. The molecule has 1 atom stereocenters. The number of carbonyl (C=O) groups excluding carboxylic acids is 2. The summed E-state index contributed by atoms with van der Waals surface area (Å²) >= 11 is 0. The molecule has 0 saturated carbocycles. The zero-order valence-electron chi connectivity index (χ0n) is 12.2. The van der Waals surface area contributed by atoms with E-state index in [0.717, 1.165) is 5.56 Å². The number of para-hydroxylation sites is 1. The SMILES string of the molecule is O=C(NCCC1C(=O)NOc2ccccc21)c1ccc(F)cc1. The van der Waals surface area contributed by atoms with Crippen molar-refractivity contribution in [1.29, 1.82) is 0 Å². The molecule has 0 aliphatic carbocycles. The maximum atomic E-state index is 12.8. The molecule has 1 unspecified atom stereocenters. The zero-order chi connectivity index (χ0) is 16.2. The van der Waals surface area contributed by atoms with Crippen LogP contribution in [0.3, 0.4) is 0 Å². The van der Waals surface area contributed by atoms with Crippen LogP contribution in [0.25, 0.3) is 0 Å². The Hall–Kier alpha value is -2.89. The molecule has 2 aromatic carbocycles. The Labute approximate surface area is 132 Å². The lowest BCUT2D eigenvalue weighted by atomic mass is 9.93. The Morgan fingerprint density at radius 1 is 1.17 bits per heavy atom. The number of fused-ring (bicyclic) bond motifs is 1. The molecule has 5 nitrogen and oxygen atoms in total. The van der Waals surface area contributed by atoms with Gasteiger partial charge in [0.05, 0.1) is 5.92 Å². The molecule has 1 heterocycles. The molecule has 2 aromatic rings. The number of hydrogen-bond acceptors (Lipinski definition) is 3. The summed E-state index contributed by atoms with van der Waals surface area (Å²) in [6, 6.07) is 12.6. The molecule has 0 aromatic heterocycles. The van der Waals surface area contributed by atoms with E-state index >= 15 is 0 Å². The third-order valence-corrected chi connectivity index (χ3v) is 3.70. The van der Waals surface area contributed by atoms with Crippen LogP contribution >= 0.6 is 0 Å². The molecule has 0 radical (unpaired) electrons. The fraction of sp³-hybridized carbons (Fsp3) is 0.176. The van der Waals surface area contributed by atoms with Gasteiger partial charge in [-0.3, -0.25) is 9.59 Å². The summed E-state index contributed by atoms with van der Waals surface area (Å²) in [5.41, 5.74) is 3.55. The van der Waals surface area contributed by atoms with Crippen LogP contribution < -0.4 is 15.6 Å². The Morgan fingerprint density at radius 3 is 2.70 bits per heavy atom. The third kappa shape index (κ3) is 3.31. The van der Waals surface area contributed by atoms with E-state index in [2.05, 4.69) is 10.8 Å². The molecule has 0 fully saturated rings. The van der Waals surface area contributed by atoms with Crippen molar-refractivity contribution in [3.63, 3.8) is 0 Å². The van der Waals surface area contributed by atoms with Crippen molar-refractivity contribution in [2.45, 2.75) is 12.3 Å². The first-order chi connectivity index (χ1) is 11.1. The molecule has 0 bridgehead atoms. The second-order valence-corrected chi connectivity index (χ2v) is 5.21. The maximum absolute atomic E-state index is 12.8. The highest BCUT2D eigenvalue weighted by atomic mass is 19.1. The van der Waals surface area contributed by atoms with E-state index in [4.69, 9.17) is 4.84 Å². The summed E-state index contributed by atoms with van der Waals surface area (Å²) in [5.74, 6) is -0.696. The first kappa shape index (κ1) is 15.0. The predicted molar refractivity (Wildman–Crippen MR) is 81.3 cm³/mol. The molecule has 1 aliphatic heterocycles. The minimum absolute atomic E-state index is 0.236. The highest BCUT2D eigenvalue weighted by Gasteiger charge is 2.28. The minimum Gasteiger partial charge on any atom is -0.379 e. The Bertz CT molecular complexity index is 731. The number of amides is 2. The van der Waals surface area contributed by atoms with Crippen molar-refractivity contribution in [1.82, 2.24) is 10.8 Å². The lowest BCUT2D eigenvalue weighted by Gasteiger charge is -2.24. The van der Waals surface area contributed by atoms with Crippen molar-refractivity contribution >= 4 is 11.8 Å². The van der Waals surface area contributed by atoms with E-state index < -0.39 is 5.82 Å². The van der Waals surface area contributed by atoms with Crippen LogP contribution in [0.5, 0.6) is 5.75 Å². The summed E-state index contributed by atoms with van der Waals surface area (Å²) in [5, 5.41) is 2.73. The van der Waals surface area contributed by atoms with Crippen molar-refractivity contribution < 1.29 is 18.8 Å². The number of hydroxylamine groups is 1. The van der Waals surface area contributed by atoms with E-state index in [1.54, 1.807) is 6.07 Å².